The molecular formula is C11H21N7O3. The van der Waals surface area contributed by atoms with Crippen molar-refractivity contribution in [2.75, 3.05) is 6.54 Å². The Morgan fingerprint density at radius 2 is 2.10 bits per heavy atom. The number of carbonyl (C=O) groups excluding carboxylic acids is 2. The van der Waals surface area contributed by atoms with Gasteiger partial charge >= 0.3 is 6.09 Å². The van der Waals surface area contributed by atoms with E-state index in [1.54, 1.807) is 20.8 Å². The number of alkyl carbamates (subject to hydrolysis) is 1. The zero-order valence-electron chi connectivity index (χ0n) is 12.4. The van der Waals surface area contributed by atoms with Gasteiger partial charge in [-0.25, -0.2) is 15.3 Å². The zero-order valence-corrected chi connectivity index (χ0v) is 12.4. The van der Waals surface area contributed by atoms with Gasteiger partial charge in [-0.2, -0.15) is 0 Å². The molecule has 0 saturated carbocycles. The Hall–Kier alpha value is -2.23. The average molecular weight is 299 g/mol. The molecule has 1 aromatic heterocycles. The maximum atomic E-state index is 11.4. The lowest BCUT2D eigenvalue weighted by Crippen LogP contribution is -2.34. The monoisotopic (exact) mass is 299 g/mol. The highest BCUT2D eigenvalue weighted by molar-refractivity contribution is 5.74. The Kier molecular flexibility index (Phi) is 6.03. The number of nitrogens with zero attached hydrogens (tertiary/aromatic N) is 4. The van der Waals surface area contributed by atoms with Gasteiger partial charge in [-0.3, -0.25) is 10.2 Å². The fraction of sp³-hybridized carbons (Fsp3) is 0.727. The Balaban J connectivity index is 2.32. The molecule has 0 aliphatic carbocycles. The van der Waals surface area contributed by atoms with Crippen molar-refractivity contribution in [3.05, 3.63) is 5.82 Å². The fourth-order valence-electron chi connectivity index (χ4n) is 1.46. The van der Waals surface area contributed by atoms with Crippen molar-refractivity contribution in [2.45, 2.75) is 45.8 Å². The SMILES string of the molecule is CC(C)(C)OC(=O)NCCCc1nnnn1CC(=O)NN. The summed E-state index contributed by atoms with van der Waals surface area (Å²) in [7, 11) is 0. The highest BCUT2D eigenvalue weighted by Gasteiger charge is 2.15. The third kappa shape index (κ3) is 6.65. The molecule has 0 aliphatic rings. The van der Waals surface area contributed by atoms with Crippen LogP contribution in [0.2, 0.25) is 0 Å². The molecule has 1 rings (SSSR count). The topological polar surface area (TPSA) is 137 Å². The predicted molar refractivity (Wildman–Crippen MR) is 72.7 cm³/mol. The second-order valence-electron chi connectivity index (χ2n) is 5.35. The van der Waals surface area contributed by atoms with E-state index < -0.39 is 17.6 Å². The summed E-state index contributed by atoms with van der Waals surface area (Å²) in [5.74, 6) is 5.15. The number of amides is 2. The van der Waals surface area contributed by atoms with Crippen molar-refractivity contribution in [3.8, 4) is 0 Å². The van der Waals surface area contributed by atoms with E-state index in [-0.39, 0.29) is 6.54 Å². The number of nitrogens with one attached hydrogen (secondary N) is 2. The molecule has 0 aliphatic heterocycles. The lowest BCUT2D eigenvalue weighted by molar-refractivity contribution is -0.122. The van der Waals surface area contributed by atoms with Crippen LogP contribution in [-0.2, 0) is 22.5 Å². The van der Waals surface area contributed by atoms with Gasteiger partial charge in [0.15, 0.2) is 5.82 Å². The summed E-state index contributed by atoms with van der Waals surface area (Å²) in [5, 5.41) is 13.6. The van der Waals surface area contributed by atoms with Crippen LogP contribution in [-0.4, -0.2) is 44.4 Å². The Morgan fingerprint density at radius 3 is 2.71 bits per heavy atom. The molecule has 21 heavy (non-hydrogen) atoms. The molecule has 10 nitrogen and oxygen atoms in total. The van der Waals surface area contributed by atoms with Crippen LogP contribution >= 0.6 is 0 Å². The standard InChI is InChI=1S/C11H21N7O3/c1-11(2,3)21-10(20)13-6-4-5-8-15-16-17-18(8)7-9(19)14-12/h4-7,12H2,1-3H3,(H,13,20)(H,14,19). The first kappa shape index (κ1) is 16.8. The zero-order chi connectivity index (χ0) is 15.9. The summed E-state index contributed by atoms with van der Waals surface area (Å²) < 4.78 is 6.46. The van der Waals surface area contributed by atoms with Gasteiger partial charge in [-0.05, 0) is 37.6 Å². The van der Waals surface area contributed by atoms with Crippen LogP contribution in [0.25, 0.3) is 0 Å². The summed E-state index contributed by atoms with van der Waals surface area (Å²) in [6.45, 7) is 5.76. The normalized spacial score (nSPS) is 11.0. The van der Waals surface area contributed by atoms with E-state index in [1.165, 1.54) is 4.68 Å². The van der Waals surface area contributed by atoms with Gasteiger partial charge in [0.25, 0.3) is 5.91 Å². The molecule has 1 aromatic rings. The van der Waals surface area contributed by atoms with Gasteiger partial charge in [0.1, 0.15) is 12.1 Å². The van der Waals surface area contributed by atoms with Crippen molar-refractivity contribution >= 4 is 12.0 Å². The van der Waals surface area contributed by atoms with Crippen molar-refractivity contribution in [1.29, 1.82) is 0 Å². The summed E-state index contributed by atoms with van der Waals surface area (Å²) in [4.78, 5) is 22.6. The third-order valence-electron chi connectivity index (χ3n) is 2.31. The van der Waals surface area contributed by atoms with Gasteiger partial charge < -0.3 is 10.1 Å². The summed E-state index contributed by atoms with van der Waals surface area (Å²) >= 11 is 0. The number of carbonyl (C=O) groups is 2. The molecular weight excluding hydrogens is 278 g/mol. The van der Waals surface area contributed by atoms with Crippen LogP contribution in [0.15, 0.2) is 0 Å². The average Bonchev–Trinajstić information content (AvgIpc) is 2.79. The van der Waals surface area contributed by atoms with Crippen LogP contribution in [0.3, 0.4) is 0 Å². The van der Waals surface area contributed by atoms with Crippen molar-refractivity contribution in [2.24, 2.45) is 5.84 Å². The van der Waals surface area contributed by atoms with Gasteiger partial charge in [-0.1, -0.05) is 0 Å². The number of hydrazine groups is 1. The second kappa shape index (κ2) is 7.53. The first-order valence-electron chi connectivity index (χ1n) is 6.53. The van der Waals surface area contributed by atoms with Gasteiger partial charge in [0.05, 0.1) is 0 Å². The maximum absolute atomic E-state index is 11.4. The number of hydrogen-bond acceptors (Lipinski definition) is 7. The largest absolute Gasteiger partial charge is 0.444 e. The minimum absolute atomic E-state index is 0.0433. The van der Waals surface area contributed by atoms with Crippen LogP contribution < -0.4 is 16.6 Å². The summed E-state index contributed by atoms with van der Waals surface area (Å²) in [5.41, 5.74) is 1.48. The molecule has 118 valence electrons. The molecule has 10 heteroatoms. The number of nitrogens with two attached hydrogens (primary N) is 1. The van der Waals surface area contributed by atoms with E-state index in [4.69, 9.17) is 10.6 Å². The Bertz CT molecular complexity index is 480. The number of tetrazole rings is 1. The first-order chi connectivity index (χ1) is 9.81. The number of aromatic nitrogens is 4. The van der Waals surface area contributed by atoms with E-state index in [0.29, 0.717) is 25.2 Å². The molecule has 0 spiro atoms. The van der Waals surface area contributed by atoms with E-state index in [2.05, 4.69) is 20.8 Å². The lowest BCUT2D eigenvalue weighted by Gasteiger charge is -2.19. The fourth-order valence-corrected chi connectivity index (χ4v) is 1.46. The molecule has 1 heterocycles. The molecule has 0 aromatic carbocycles. The number of ether oxygens (including phenoxy) is 1. The number of hydrogen-bond donors (Lipinski definition) is 3. The number of rotatable bonds is 6. The Labute approximate surface area is 122 Å². The predicted octanol–water partition coefficient (Wildman–Crippen LogP) is -0.880. The van der Waals surface area contributed by atoms with Crippen molar-refractivity contribution in [1.82, 2.24) is 30.9 Å². The van der Waals surface area contributed by atoms with Crippen LogP contribution in [0.5, 0.6) is 0 Å². The molecule has 2 amide bonds. The highest BCUT2D eigenvalue weighted by atomic mass is 16.6. The molecule has 0 atom stereocenters. The summed E-state index contributed by atoms with van der Waals surface area (Å²) in [6.07, 6.45) is 0.662. The van der Waals surface area contributed by atoms with Crippen LogP contribution in [0.4, 0.5) is 4.79 Å². The van der Waals surface area contributed by atoms with Crippen molar-refractivity contribution in [3.63, 3.8) is 0 Å². The van der Waals surface area contributed by atoms with Crippen LogP contribution in [0, 0.1) is 0 Å². The van der Waals surface area contributed by atoms with Crippen molar-refractivity contribution < 1.29 is 14.3 Å². The van der Waals surface area contributed by atoms with E-state index in [1.807, 2.05) is 5.43 Å². The quantitative estimate of drug-likeness (QED) is 0.268. The van der Waals surface area contributed by atoms with E-state index in [0.717, 1.165) is 0 Å². The molecule has 0 fully saturated rings. The molecule has 0 saturated heterocycles. The maximum Gasteiger partial charge on any atom is 0.407 e. The van der Waals surface area contributed by atoms with E-state index in [9.17, 15) is 9.59 Å². The summed E-state index contributed by atoms with van der Waals surface area (Å²) in [6, 6.07) is 0. The van der Waals surface area contributed by atoms with Crippen LogP contribution in [0.1, 0.15) is 33.0 Å². The minimum Gasteiger partial charge on any atom is -0.444 e. The molecule has 0 bridgehead atoms. The first-order valence-corrected chi connectivity index (χ1v) is 6.53. The molecule has 0 radical (unpaired) electrons. The number of aryl methyl sites for hydroxylation is 1. The molecule has 0 unspecified atom stereocenters. The van der Waals surface area contributed by atoms with Gasteiger partial charge in [0, 0.05) is 13.0 Å². The third-order valence-corrected chi connectivity index (χ3v) is 2.31. The van der Waals surface area contributed by atoms with E-state index >= 15 is 0 Å². The van der Waals surface area contributed by atoms with Gasteiger partial charge in [0.2, 0.25) is 0 Å². The van der Waals surface area contributed by atoms with Gasteiger partial charge in [-0.15, -0.1) is 5.10 Å². The smallest absolute Gasteiger partial charge is 0.407 e. The second-order valence-corrected chi connectivity index (χ2v) is 5.35. The minimum atomic E-state index is -0.524. The molecule has 4 N–H and O–H groups in total. The lowest BCUT2D eigenvalue weighted by atomic mass is 10.2. The Morgan fingerprint density at radius 1 is 1.38 bits per heavy atom. The highest BCUT2D eigenvalue weighted by Crippen LogP contribution is 2.06.